The second kappa shape index (κ2) is 9.21. The summed E-state index contributed by atoms with van der Waals surface area (Å²) in [7, 11) is 0. The minimum Gasteiger partial charge on any atom is -0.462 e. The van der Waals surface area contributed by atoms with Crippen molar-refractivity contribution in [2.75, 3.05) is 11.9 Å². The van der Waals surface area contributed by atoms with E-state index in [1.807, 2.05) is 20.8 Å². The fraction of sp³-hybridized carbons (Fsp3) is 0.364. The highest BCUT2D eigenvalue weighted by molar-refractivity contribution is 7.16. The molecule has 3 aromatic rings. The Balaban J connectivity index is 2.06. The molecule has 1 amide bonds. The molecule has 0 spiro atoms. The lowest BCUT2D eigenvalue weighted by Crippen LogP contribution is -2.29. The SMILES string of the molecule is CCOC(=O)c1cc(CC)sc1NC(=O)c1nn(CC(C)C)c(=O)c2ccccc12. The number of hydrogen-bond acceptors (Lipinski definition) is 6. The molecule has 0 fully saturated rings. The summed E-state index contributed by atoms with van der Waals surface area (Å²) in [5.74, 6) is -0.766. The van der Waals surface area contributed by atoms with Gasteiger partial charge in [0.05, 0.1) is 17.6 Å². The van der Waals surface area contributed by atoms with Crippen LogP contribution < -0.4 is 10.9 Å². The van der Waals surface area contributed by atoms with Crippen molar-refractivity contribution in [2.45, 2.75) is 40.7 Å². The third-order valence-corrected chi connectivity index (χ3v) is 5.67. The summed E-state index contributed by atoms with van der Waals surface area (Å²) in [4.78, 5) is 39.2. The van der Waals surface area contributed by atoms with Crippen molar-refractivity contribution < 1.29 is 14.3 Å². The standard InChI is InChI=1S/C22H25N3O4S/c1-5-14-11-17(22(28)29-6-2)20(30-14)23-19(26)18-15-9-7-8-10-16(15)21(27)25(24-18)12-13(3)4/h7-11,13H,5-6,12H2,1-4H3,(H,23,26). The molecule has 30 heavy (non-hydrogen) atoms. The third kappa shape index (κ3) is 4.43. The van der Waals surface area contributed by atoms with Crippen LogP contribution in [0.3, 0.4) is 0 Å². The molecule has 8 heteroatoms. The van der Waals surface area contributed by atoms with Gasteiger partial charge in [-0.25, -0.2) is 9.48 Å². The molecule has 0 unspecified atom stereocenters. The van der Waals surface area contributed by atoms with E-state index in [0.29, 0.717) is 27.9 Å². The van der Waals surface area contributed by atoms with Crippen molar-refractivity contribution >= 4 is 39.0 Å². The molecule has 0 saturated heterocycles. The lowest BCUT2D eigenvalue weighted by Gasteiger charge is -2.12. The van der Waals surface area contributed by atoms with Gasteiger partial charge in [-0.3, -0.25) is 9.59 Å². The zero-order chi connectivity index (χ0) is 21.8. The number of aromatic nitrogens is 2. The molecule has 0 saturated carbocycles. The van der Waals surface area contributed by atoms with Gasteiger partial charge in [-0.15, -0.1) is 11.3 Å². The second-order valence-electron chi connectivity index (χ2n) is 7.26. The number of carbonyl (C=O) groups excluding carboxylic acids is 2. The van der Waals surface area contributed by atoms with Crippen LogP contribution in [0.25, 0.3) is 10.8 Å². The van der Waals surface area contributed by atoms with Crippen molar-refractivity contribution in [1.82, 2.24) is 9.78 Å². The zero-order valence-electron chi connectivity index (χ0n) is 17.5. The predicted molar refractivity (Wildman–Crippen MR) is 118 cm³/mol. The number of ether oxygens (including phenoxy) is 1. The summed E-state index contributed by atoms with van der Waals surface area (Å²) < 4.78 is 6.45. The Hall–Kier alpha value is -3.00. The summed E-state index contributed by atoms with van der Waals surface area (Å²) in [5.41, 5.74) is 0.242. The van der Waals surface area contributed by atoms with Gasteiger partial charge in [0.1, 0.15) is 5.00 Å². The van der Waals surface area contributed by atoms with Gasteiger partial charge >= 0.3 is 5.97 Å². The van der Waals surface area contributed by atoms with Gasteiger partial charge in [-0.05, 0) is 31.4 Å². The van der Waals surface area contributed by atoms with Crippen molar-refractivity contribution in [3.63, 3.8) is 0 Å². The number of benzene rings is 1. The normalized spacial score (nSPS) is 11.1. The molecule has 0 radical (unpaired) electrons. The average molecular weight is 428 g/mol. The summed E-state index contributed by atoms with van der Waals surface area (Å²) in [6, 6.07) is 8.66. The fourth-order valence-corrected chi connectivity index (χ4v) is 4.08. The Bertz CT molecular complexity index is 1150. The van der Waals surface area contributed by atoms with E-state index in [1.54, 1.807) is 37.3 Å². The van der Waals surface area contributed by atoms with Crippen LogP contribution in [0.2, 0.25) is 0 Å². The molecular weight excluding hydrogens is 402 g/mol. The predicted octanol–water partition coefficient (Wildman–Crippen LogP) is 4.11. The highest BCUT2D eigenvalue weighted by atomic mass is 32.1. The van der Waals surface area contributed by atoms with Crippen molar-refractivity contribution in [2.24, 2.45) is 5.92 Å². The van der Waals surface area contributed by atoms with Crippen molar-refractivity contribution in [3.8, 4) is 0 Å². The number of thiophene rings is 1. The number of amides is 1. The van der Waals surface area contributed by atoms with Crippen LogP contribution in [-0.2, 0) is 17.7 Å². The Morgan fingerprint density at radius 1 is 1.20 bits per heavy atom. The van der Waals surface area contributed by atoms with E-state index in [9.17, 15) is 14.4 Å². The third-order valence-electron chi connectivity index (χ3n) is 4.47. The quantitative estimate of drug-likeness (QED) is 0.573. The van der Waals surface area contributed by atoms with Crippen LogP contribution in [0.1, 0.15) is 53.4 Å². The van der Waals surface area contributed by atoms with Gasteiger partial charge < -0.3 is 10.1 Å². The highest BCUT2D eigenvalue weighted by Gasteiger charge is 2.22. The summed E-state index contributed by atoms with van der Waals surface area (Å²) in [6.45, 7) is 8.31. The largest absolute Gasteiger partial charge is 0.462 e. The van der Waals surface area contributed by atoms with Crippen LogP contribution >= 0.6 is 11.3 Å². The molecule has 1 N–H and O–H groups in total. The van der Waals surface area contributed by atoms with E-state index in [0.717, 1.165) is 11.3 Å². The van der Waals surface area contributed by atoms with Gasteiger partial charge in [-0.1, -0.05) is 39.0 Å². The Labute approximate surface area is 178 Å². The summed E-state index contributed by atoms with van der Waals surface area (Å²) in [5, 5.41) is 8.50. The maximum Gasteiger partial charge on any atom is 0.341 e. The van der Waals surface area contributed by atoms with Gasteiger partial charge in [0.25, 0.3) is 11.5 Å². The molecule has 0 aliphatic rings. The molecule has 158 valence electrons. The number of carbonyl (C=O) groups is 2. The molecular formula is C22H25N3O4S. The maximum atomic E-state index is 13.2. The zero-order valence-corrected chi connectivity index (χ0v) is 18.3. The number of esters is 1. The molecule has 0 aliphatic carbocycles. The number of aryl methyl sites for hydroxylation is 1. The van der Waals surface area contributed by atoms with Crippen LogP contribution in [0.15, 0.2) is 35.1 Å². The molecule has 2 aromatic heterocycles. The van der Waals surface area contributed by atoms with Crippen molar-refractivity contribution in [3.05, 3.63) is 56.8 Å². The number of nitrogens with zero attached hydrogens (tertiary/aromatic N) is 2. The van der Waals surface area contributed by atoms with Gasteiger partial charge in [0, 0.05) is 16.8 Å². The van der Waals surface area contributed by atoms with E-state index in [-0.39, 0.29) is 23.8 Å². The Morgan fingerprint density at radius 2 is 1.90 bits per heavy atom. The number of hydrogen-bond donors (Lipinski definition) is 1. The van der Waals surface area contributed by atoms with Gasteiger partial charge in [-0.2, -0.15) is 5.10 Å². The molecule has 0 bridgehead atoms. The lowest BCUT2D eigenvalue weighted by atomic mass is 10.1. The molecule has 2 heterocycles. The van der Waals surface area contributed by atoms with E-state index in [4.69, 9.17) is 4.74 Å². The number of rotatable bonds is 7. The van der Waals surface area contributed by atoms with Crippen LogP contribution in [0.5, 0.6) is 0 Å². The topological polar surface area (TPSA) is 90.3 Å². The number of fused-ring (bicyclic) bond motifs is 1. The first kappa shape index (κ1) is 21.7. The molecule has 0 aliphatic heterocycles. The first-order chi connectivity index (χ1) is 14.3. The van der Waals surface area contributed by atoms with Crippen molar-refractivity contribution in [1.29, 1.82) is 0 Å². The lowest BCUT2D eigenvalue weighted by molar-refractivity contribution is 0.0528. The van der Waals surface area contributed by atoms with Gasteiger partial charge in [0.15, 0.2) is 5.69 Å². The Kier molecular flexibility index (Phi) is 6.66. The second-order valence-corrected chi connectivity index (χ2v) is 8.40. The molecule has 3 rings (SSSR count). The number of nitrogens with one attached hydrogen (secondary N) is 1. The first-order valence-electron chi connectivity index (χ1n) is 9.96. The van der Waals surface area contributed by atoms with E-state index >= 15 is 0 Å². The summed E-state index contributed by atoms with van der Waals surface area (Å²) >= 11 is 1.33. The van der Waals surface area contributed by atoms with Crippen LogP contribution in [0, 0.1) is 5.92 Å². The van der Waals surface area contributed by atoms with E-state index < -0.39 is 11.9 Å². The van der Waals surface area contributed by atoms with Crippen LogP contribution in [-0.4, -0.2) is 28.3 Å². The monoisotopic (exact) mass is 427 g/mol. The van der Waals surface area contributed by atoms with E-state index in [1.165, 1.54) is 16.0 Å². The maximum absolute atomic E-state index is 13.2. The summed E-state index contributed by atoms with van der Waals surface area (Å²) in [6.07, 6.45) is 0.730. The Morgan fingerprint density at radius 3 is 2.53 bits per heavy atom. The smallest absolute Gasteiger partial charge is 0.341 e. The molecule has 7 nitrogen and oxygen atoms in total. The minimum absolute atomic E-state index is 0.145. The minimum atomic E-state index is -0.480. The average Bonchev–Trinajstić information content (AvgIpc) is 3.13. The fourth-order valence-electron chi connectivity index (χ4n) is 3.10. The first-order valence-corrected chi connectivity index (χ1v) is 10.8. The highest BCUT2D eigenvalue weighted by Crippen LogP contribution is 2.30. The van der Waals surface area contributed by atoms with Gasteiger partial charge in [0.2, 0.25) is 0 Å². The number of anilines is 1. The molecule has 1 aromatic carbocycles. The van der Waals surface area contributed by atoms with Crippen LogP contribution in [0.4, 0.5) is 5.00 Å². The molecule has 0 atom stereocenters. The van der Waals surface area contributed by atoms with E-state index in [2.05, 4.69) is 10.4 Å².